The Hall–Kier alpha value is -2.21. The molecule has 0 saturated carbocycles. The lowest BCUT2D eigenvalue weighted by Gasteiger charge is -2.33. The summed E-state index contributed by atoms with van der Waals surface area (Å²) < 4.78 is 13.0. The highest BCUT2D eigenvalue weighted by atomic mass is 35.5. The molecule has 0 aliphatic carbocycles. The third-order valence-electron chi connectivity index (χ3n) is 4.25. The molecule has 24 heavy (non-hydrogen) atoms. The van der Waals surface area contributed by atoms with Gasteiger partial charge in [0.2, 0.25) is 0 Å². The minimum absolute atomic E-state index is 0.0332. The van der Waals surface area contributed by atoms with Gasteiger partial charge in [-0.05, 0) is 37.1 Å². The molecule has 1 saturated heterocycles. The van der Waals surface area contributed by atoms with Gasteiger partial charge >= 0.3 is 0 Å². The van der Waals surface area contributed by atoms with Crippen LogP contribution in [0.25, 0.3) is 0 Å². The molecule has 0 bridgehead atoms. The number of piperidine rings is 1. The van der Waals surface area contributed by atoms with Crippen LogP contribution in [0.4, 0.5) is 15.9 Å². The highest BCUT2D eigenvalue weighted by molar-refractivity contribution is 6.32. The zero-order valence-corrected chi connectivity index (χ0v) is 14.1. The van der Waals surface area contributed by atoms with Crippen LogP contribution in [-0.2, 0) is 0 Å². The molecule has 3 rings (SSSR count). The third-order valence-corrected chi connectivity index (χ3v) is 4.54. The average molecular weight is 349 g/mol. The van der Waals surface area contributed by atoms with Crippen LogP contribution in [0.3, 0.4) is 0 Å². The molecule has 0 spiro atoms. The van der Waals surface area contributed by atoms with Crippen molar-refractivity contribution >= 4 is 28.9 Å². The van der Waals surface area contributed by atoms with Crippen molar-refractivity contribution in [2.24, 2.45) is 5.92 Å². The third kappa shape index (κ3) is 3.33. The van der Waals surface area contributed by atoms with Crippen LogP contribution in [-0.4, -0.2) is 35.9 Å². The first-order chi connectivity index (χ1) is 11.6. The first-order valence-corrected chi connectivity index (χ1v) is 8.21. The normalized spacial score (nSPS) is 17.6. The van der Waals surface area contributed by atoms with E-state index in [4.69, 9.17) is 11.6 Å². The number of Topliss-reactive ketones (excluding diaryl/α,β-unsaturated/α-hetero) is 1. The largest absolute Gasteiger partial charge is 0.383 e. The molecule has 2 heterocycles. The van der Waals surface area contributed by atoms with Crippen LogP contribution < -0.4 is 10.2 Å². The van der Waals surface area contributed by atoms with Gasteiger partial charge in [-0.25, -0.2) is 14.4 Å². The van der Waals surface area contributed by atoms with Crippen LogP contribution in [0.5, 0.6) is 0 Å². The predicted molar refractivity (Wildman–Crippen MR) is 92.3 cm³/mol. The summed E-state index contributed by atoms with van der Waals surface area (Å²) >= 11 is 6.12. The number of ketones is 1. The Balaban J connectivity index is 1.81. The smallest absolute Gasteiger partial charge is 0.167 e. The number of rotatable bonds is 4. The van der Waals surface area contributed by atoms with E-state index in [9.17, 15) is 9.18 Å². The minimum Gasteiger partial charge on any atom is -0.383 e. The number of hydrogen-bond acceptors (Lipinski definition) is 5. The Kier molecular flexibility index (Phi) is 4.94. The van der Waals surface area contributed by atoms with E-state index in [0.29, 0.717) is 28.8 Å². The second-order valence-electron chi connectivity index (χ2n) is 5.77. The van der Waals surface area contributed by atoms with E-state index in [1.165, 1.54) is 30.6 Å². The first kappa shape index (κ1) is 16.6. The van der Waals surface area contributed by atoms with E-state index in [1.807, 2.05) is 0 Å². The van der Waals surface area contributed by atoms with Crippen molar-refractivity contribution in [3.05, 3.63) is 47.1 Å². The zero-order valence-electron chi connectivity index (χ0n) is 13.3. The number of halogens is 2. The molecule has 2 aromatic rings. The fourth-order valence-electron chi connectivity index (χ4n) is 3.04. The van der Waals surface area contributed by atoms with Crippen LogP contribution in [0.15, 0.2) is 30.6 Å². The molecule has 1 aromatic heterocycles. The van der Waals surface area contributed by atoms with E-state index in [0.717, 1.165) is 19.4 Å². The van der Waals surface area contributed by atoms with Crippen LogP contribution >= 0.6 is 11.6 Å². The minimum atomic E-state index is -0.342. The van der Waals surface area contributed by atoms with Crippen molar-refractivity contribution < 1.29 is 9.18 Å². The van der Waals surface area contributed by atoms with Gasteiger partial charge in [-0.1, -0.05) is 11.6 Å². The second kappa shape index (κ2) is 7.13. The topological polar surface area (TPSA) is 58.1 Å². The Labute approximate surface area is 144 Å². The van der Waals surface area contributed by atoms with Crippen molar-refractivity contribution in [3.8, 4) is 0 Å². The van der Waals surface area contributed by atoms with Crippen LogP contribution in [0.2, 0.25) is 5.15 Å². The standard InChI is InChI=1S/C17H18ClFN4O/c1-20-14-16(18)21-10-22-17(14)23-8-2-3-12(9-23)15(24)11-4-6-13(19)7-5-11/h4-7,10,12,20H,2-3,8-9H2,1H3. The highest BCUT2D eigenvalue weighted by Crippen LogP contribution is 2.32. The maximum Gasteiger partial charge on any atom is 0.167 e. The van der Waals surface area contributed by atoms with Crippen molar-refractivity contribution in [1.82, 2.24) is 9.97 Å². The van der Waals surface area contributed by atoms with Gasteiger partial charge in [0.25, 0.3) is 0 Å². The van der Waals surface area contributed by atoms with E-state index < -0.39 is 0 Å². The zero-order chi connectivity index (χ0) is 17.1. The number of nitrogens with zero attached hydrogens (tertiary/aromatic N) is 3. The Bertz CT molecular complexity index is 738. The van der Waals surface area contributed by atoms with Gasteiger partial charge in [0.05, 0.1) is 0 Å². The van der Waals surface area contributed by atoms with E-state index in [2.05, 4.69) is 20.2 Å². The molecule has 1 fully saturated rings. The summed E-state index contributed by atoms with van der Waals surface area (Å²) in [7, 11) is 1.76. The van der Waals surface area contributed by atoms with Gasteiger partial charge in [0.1, 0.15) is 17.8 Å². The van der Waals surface area contributed by atoms with Crippen LogP contribution in [0, 0.1) is 11.7 Å². The molecule has 1 aliphatic heterocycles. The van der Waals surface area contributed by atoms with Crippen molar-refractivity contribution in [1.29, 1.82) is 0 Å². The lowest BCUT2D eigenvalue weighted by Crippen LogP contribution is -2.39. The fraction of sp³-hybridized carbons (Fsp3) is 0.353. The molecule has 1 aliphatic rings. The van der Waals surface area contributed by atoms with Crippen LogP contribution in [0.1, 0.15) is 23.2 Å². The SMILES string of the molecule is CNc1c(Cl)ncnc1N1CCCC(C(=O)c2ccc(F)cc2)C1. The Morgan fingerprint density at radius 3 is 2.79 bits per heavy atom. The van der Waals surface area contributed by atoms with Gasteiger partial charge < -0.3 is 10.2 Å². The molecule has 126 valence electrons. The molecule has 5 nitrogen and oxygen atoms in total. The number of carbonyl (C=O) groups is 1. The van der Waals surface area contributed by atoms with Crippen molar-refractivity contribution in [2.45, 2.75) is 12.8 Å². The highest BCUT2D eigenvalue weighted by Gasteiger charge is 2.28. The van der Waals surface area contributed by atoms with Gasteiger partial charge in [-0.15, -0.1) is 0 Å². The molecule has 1 aromatic carbocycles. The molecule has 1 unspecified atom stereocenters. The fourth-order valence-corrected chi connectivity index (χ4v) is 3.27. The summed E-state index contributed by atoms with van der Waals surface area (Å²) in [5.74, 6) is 0.244. The second-order valence-corrected chi connectivity index (χ2v) is 6.13. The van der Waals surface area contributed by atoms with Crippen molar-refractivity contribution in [2.75, 3.05) is 30.4 Å². The number of aromatic nitrogens is 2. The number of anilines is 2. The number of hydrogen-bond donors (Lipinski definition) is 1. The van der Waals surface area contributed by atoms with Gasteiger partial charge in [-0.3, -0.25) is 4.79 Å². The Morgan fingerprint density at radius 1 is 1.33 bits per heavy atom. The van der Waals surface area contributed by atoms with Gasteiger partial charge in [-0.2, -0.15) is 0 Å². The maximum absolute atomic E-state index is 13.0. The van der Waals surface area contributed by atoms with E-state index in [1.54, 1.807) is 7.05 Å². The molecule has 1 atom stereocenters. The predicted octanol–water partition coefficient (Wildman–Crippen LogP) is 3.41. The summed E-state index contributed by atoms with van der Waals surface area (Å²) in [6.07, 6.45) is 3.10. The lowest BCUT2D eigenvalue weighted by molar-refractivity contribution is 0.0907. The Morgan fingerprint density at radius 2 is 2.08 bits per heavy atom. The quantitative estimate of drug-likeness (QED) is 0.677. The molecular formula is C17H18ClFN4O. The van der Waals surface area contributed by atoms with Crippen molar-refractivity contribution in [3.63, 3.8) is 0 Å². The number of carbonyl (C=O) groups excluding carboxylic acids is 1. The summed E-state index contributed by atoms with van der Waals surface area (Å²) in [5.41, 5.74) is 1.20. The monoisotopic (exact) mass is 348 g/mol. The van der Waals surface area contributed by atoms with Gasteiger partial charge in [0, 0.05) is 31.6 Å². The molecule has 0 radical (unpaired) electrons. The molecule has 0 amide bonds. The summed E-state index contributed by atoms with van der Waals surface area (Å²) in [5, 5.41) is 3.37. The first-order valence-electron chi connectivity index (χ1n) is 7.83. The number of benzene rings is 1. The number of nitrogens with one attached hydrogen (secondary N) is 1. The summed E-state index contributed by atoms with van der Waals surface area (Å²) in [6, 6.07) is 5.71. The summed E-state index contributed by atoms with van der Waals surface area (Å²) in [4.78, 5) is 23.0. The molecular weight excluding hydrogens is 331 g/mol. The average Bonchev–Trinajstić information content (AvgIpc) is 2.61. The molecule has 1 N–H and O–H groups in total. The van der Waals surface area contributed by atoms with E-state index in [-0.39, 0.29) is 17.5 Å². The maximum atomic E-state index is 13.0. The van der Waals surface area contributed by atoms with E-state index >= 15 is 0 Å². The summed E-state index contributed by atoms with van der Waals surface area (Å²) in [6.45, 7) is 1.35. The molecule has 7 heteroatoms. The van der Waals surface area contributed by atoms with Gasteiger partial charge in [0.15, 0.2) is 16.8 Å². The lowest BCUT2D eigenvalue weighted by atomic mass is 9.90.